The van der Waals surface area contributed by atoms with E-state index in [1.54, 1.807) is 30.5 Å². The van der Waals surface area contributed by atoms with Gasteiger partial charge in [-0.05, 0) is 36.4 Å². The van der Waals surface area contributed by atoms with Crippen LogP contribution < -0.4 is 14.4 Å². The zero-order valence-corrected chi connectivity index (χ0v) is 16.5. The molecule has 2 heterocycles. The number of hydrogen-bond acceptors (Lipinski definition) is 6. The van der Waals surface area contributed by atoms with Crippen LogP contribution in [0.1, 0.15) is 10.4 Å². The average Bonchev–Trinajstić information content (AvgIpc) is 3.17. The maximum Gasteiger partial charge on any atom is 0.253 e. The van der Waals surface area contributed by atoms with Crippen molar-refractivity contribution in [3.05, 3.63) is 47.8 Å². The second kappa shape index (κ2) is 7.63. The molecule has 0 N–H and O–H groups in total. The summed E-state index contributed by atoms with van der Waals surface area (Å²) in [5.41, 5.74) is 1.29. The fourth-order valence-corrected chi connectivity index (χ4v) is 4.33. The molecular weight excluding hydrogens is 381 g/mol. The molecule has 6 nitrogen and oxygen atoms in total. The van der Waals surface area contributed by atoms with Crippen molar-refractivity contribution in [2.24, 2.45) is 0 Å². The molecule has 0 unspecified atom stereocenters. The number of carbonyl (C=O) groups excluding carboxylic acids is 1. The zero-order valence-electron chi connectivity index (χ0n) is 15.6. The summed E-state index contributed by atoms with van der Waals surface area (Å²) in [5, 5.41) is 0.899. The molecule has 1 aromatic heterocycles. The number of fused-ring (bicyclic) bond motifs is 1. The monoisotopic (exact) mass is 401 g/mol. The van der Waals surface area contributed by atoms with Gasteiger partial charge in [-0.3, -0.25) is 4.79 Å². The van der Waals surface area contributed by atoms with Crippen LogP contribution in [0.4, 0.5) is 9.52 Å². The summed E-state index contributed by atoms with van der Waals surface area (Å²) in [6, 6.07) is 9.53. The van der Waals surface area contributed by atoms with Crippen LogP contribution in [0, 0.1) is 5.82 Å². The van der Waals surface area contributed by atoms with Crippen molar-refractivity contribution in [2.45, 2.75) is 0 Å². The lowest BCUT2D eigenvalue weighted by Gasteiger charge is -2.34. The van der Waals surface area contributed by atoms with Crippen molar-refractivity contribution in [1.29, 1.82) is 0 Å². The van der Waals surface area contributed by atoms with Crippen LogP contribution in [0.25, 0.3) is 10.2 Å². The first-order valence-electron chi connectivity index (χ1n) is 8.92. The molecule has 8 heteroatoms. The number of methoxy groups -OCH3 is 2. The van der Waals surface area contributed by atoms with Crippen LogP contribution >= 0.6 is 11.3 Å². The number of piperazine rings is 1. The maximum absolute atomic E-state index is 13.1. The lowest BCUT2D eigenvalue weighted by molar-refractivity contribution is 0.0746. The third-order valence-corrected chi connectivity index (χ3v) is 5.90. The average molecular weight is 401 g/mol. The highest BCUT2D eigenvalue weighted by Gasteiger charge is 2.25. The largest absolute Gasteiger partial charge is 0.493 e. The molecule has 1 aliphatic rings. The molecule has 1 amide bonds. The smallest absolute Gasteiger partial charge is 0.253 e. The van der Waals surface area contributed by atoms with Gasteiger partial charge in [-0.25, -0.2) is 9.37 Å². The number of halogens is 1. The third-order valence-electron chi connectivity index (χ3n) is 4.82. The van der Waals surface area contributed by atoms with Crippen molar-refractivity contribution in [1.82, 2.24) is 9.88 Å². The lowest BCUT2D eigenvalue weighted by Crippen LogP contribution is -2.48. The van der Waals surface area contributed by atoms with Gasteiger partial charge >= 0.3 is 0 Å². The molecule has 0 aliphatic carbocycles. The van der Waals surface area contributed by atoms with E-state index >= 15 is 0 Å². The van der Waals surface area contributed by atoms with E-state index in [1.165, 1.54) is 24.3 Å². The molecule has 1 aliphatic heterocycles. The van der Waals surface area contributed by atoms with Gasteiger partial charge in [0.05, 0.1) is 18.9 Å². The number of anilines is 1. The molecule has 146 valence electrons. The van der Waals surface area contributed by atoms with Gasteiger partial charge in [0, 0.05) is 31.7 Å². The molecule has 0 spiro atoms. The van der Waals surface area contributed by atoms with Crippen LogP contribution in [0.3, 0.4) is 0 Å². The highest BCUT2D eigenvalue weighted by Crippen LogP contribution is 2.40. The molecule has 0 radical (unpaired) electrons. The van der Waals surface area contributed by atoms with Gasteiger partial charge in [-0.2, -0.15) is 0 Å². The first kappa shape index (κ1) is 18.5. The molecule has 4 rings (SSSR count). The van der Waals surface area contributed by atoms with Gasteiger partial charge in [-0.15, -0.1) is 0 Å². The predicted molar refractivity (Wildman–Crippen MR) is 107 cm³/mol. The Bertz CT molecular complexity index is 998. The van der Waals surface area contributed by atoms with E-state index in [1.807, 2.05) is 12.1 Å². The van der Waals surface area contributed by atoms with E-state index in [0.717, 1.165) is 15.3 Å². The summed E-state index contributed by atoms with van der Waals surface area (Å²) < 4.78 is 24.9. The first-order chi connectivity index (χ1) is 13.6. The number of thiazole rings is 1. The van der Waals surface area contributed by atoms with Gasteiger partial charge in [0.25, 0.3) is 5.91 Å². The fourth-order valence-electron chi connectivity index (χ4n) is 3.31. The van der Waals surface area contributed by atoms with E-state index in [-0.39, 0.29) is 11.7 Å². The van der Waals surface area contributed by atoms with E-state index in [9.17, 15) is 9.18 Å². The quantitative estimate of drug-likeness (QED) is 0.671. The summed E-state index contributed by atoms with van der Waals surface area (Å²) in [7, 11) is 3.21. The number of rotatable bonds is 4. The molecule has 0 saturated carbocycles. The van der Waals surface area contributed by atoms with Crippen molar-refractivity contribution in [3.63, 3.8) is 0 Å². The van der Waals surface area contributed by atoms with Crippen LogP contribution in [0.2, 0.25) is 0 Å². The standard InChI is InChI=1S/C20H20FN3O3S/c1-26-15-7-8-16-17(18(15)27-2)22-20(28-16)24-11-9-23(10-12-24)19(25)13-3-5-14(21)6-4-13/h3-8H,9-12H2,1-2H3. The molecule has 0 bridgehead atoms. The van der Waals surface area contributed by atoms with Crippen LogP contribution in [0.15, 0.2) is 36.4 Å². The number of nitrogens with zero attached hydrogens (tertiary/aromatic N) is 3. The molecule has 1 saturated heterocycles. The molecule has 28 heavy (non-hydrogen) atoms. The SMILES string of the molecule is COc1ccc2sc(N3CCN(C(=O)c4ccc(F)cc4)CC3)nc2c1OC. The Balaban J connectivity index is 1.49. The Labute approximate surface area is 166 Å². The van der Waals surface area contributed by atoms with Crippen molar-refractivity contribution >= 4 is 32.6 Å². The molecule has 0 atom stereocenters. The number of ether oxygens (including phenoxy) is 2. The van der Waals surface area contributed by atoms with Crippen LogP contribution in [-0.4, -0.2) is 56.2 Å². The summed E-state index contributed by atoms with van der Waals surface area (Å²) in [5.74, 6) is 0.869. The number of hydrogen-bond donors (Lipinski definition) is 0. The number of carbonyl (C=O) groups is 1. The Morgan fingerprint density at radius 3 is 2.39 bits per heavy atom. The summed E-state index contributed by atoms with van der Waals surface area (Å²) in [6.07, 6.45) is 0. The number of amides is 1. The van der Waals surface area contributed by atoms with Crippen molar-refractivity contribution < 1.29 is 18.7 Å². The van der Waals surface area contributed by atoms with Crippen molar-refractivity contribution in [3.8, 4) is 11.5 Å². The second-order valence-corrected chi connectivity index (χ2v) is 7.44. The topological polar surface area (TPSA) is 54.9 Å². The first-order valence-corrected chi connectivity index (χ1v) is 9.73. The van der Waals surface area contributed by atoms with Gasteiger partial charge in [-0.1, -0.05) is 11.3 Å². The molecule has 2 aromatic carbocycles. The maximum atomic E-state index is 13.1. The normalized spacial score (nSPS) is 14.4. The summed E-state index contributed by atoms with van der Waals surface area (Å²) in [6.45, 7) is 2.55. The number of benzene rings is 2. The van der Waals surface area contributed by atoms with Gasteiger partial charge < -0.3 is 19.3 Å². The predicted octanol–water partition coefficient (Wildman–Crippen LogP) is 3.42. The highest BCUT2D eigenvalue weighted by atomic mass is 32.1. The number of aromatic nitrogens is 1. The minimum atomic E-state index is -0.343. The summed E-state index contributed by atoms with van der Waals surface area (Å²) in [4.78, 5) is 21.3. The van der Waals surface area contributed by atoms with Crippen molar-refractivity contribution in [2.75, 3.05) is 45.3 Å². The van der Waals surface area contributed by atoms with E-state index in [4.69, 9.17) is 14.5 Å². The molecule has 1 fully saturated rings. The summed E-state index contributed by atoms with van der Waals surface area (Å²) >= 11 is 1.59. The van der Waals surface area contributed by atoms with Crippen LogP contribution in [-0.2, 0) is 0 Å². The third kappa shape index (κ3) is 3.35. The highest BCUT2D eigenvalue weighted by molar-refractivity contribution is 7.22. The van der Waals surface area contributed by atoms with E-state index < -0.39 is 0 Å². The minimum Gasteiger partial charge on any atom is -0.493 e. The molecular formula is C20H20FN3O3S. The van der Waals surface area contributed by atoms with E-state index in [0.29, 0.717) is 43.2 Å². The van der Waals surface area contributed by atoms with Gasteiger partial charge in [0.1, 0.15) is 11.3 Å². The van der Waals surface area contributed by atoms with Crippen LogP contribution in [0.5, 0.6) is 11.5 Å². The Morgan fingerprint density at radius 2 is 1.75 bits per heavy atom. The molecule has 3 aromatic rings. The lowest BCUT2D eigenvalue weighted by atomic mass is 10.2. The minimum absolute atomic E-state index is 0.0737. The second-order valence-electron chi connectivity index (χ2n) is 6.43. The van der Waals surface area contributed by atoms with Gasteiger partial charge in [0.15, 0.2) is 16.6 Å². The fraction of sp³-hybridized carbons (Fsp3) is 0.300. The Morgan fingerprint density at radius 1 is 1.04 bits per heavy atom. The zero-order chi connectivity index (χ0) is 19.7. The van der Waals surface area contributed by atoms with E-state index in [2.05, 4.69) is 4.90 Å². The Kier molecular flexibility index (Phi) is 5.04. The van der Waals surface area contributed by atoms with Gasteiger partial charge in [0.2, 0.25) is 0 Å². The Hall–Kier alpha value is -2.87.